The average molecular weight is 629 g/mol. The third kappa shape index (κ3) is 7.26. The lowest BCUT2D eigenvalue weighted by molar-refractivity contribution is -0.128. The molecule has 42 heavy (non-hydrogen) atoms. The molecule has 2 aromatic rings. The van der Waals surface area contributed by atoms with E-state index in [1.54, 1.807) is 0 Å². The predicted octanol–water partition coefficient (Wildman–Crippen LogP) is 5.63. The summed E-state index contributed by atoms with van der Waals surface area (Å²) in [6, 6.07) is -0.619. The van der Waals surface area contributed by atoms with Gasteiger partial charge in [-0.1, -0.05) is 19.4 Å². The predicted molar refractivity (Wildman–Crippen MR) is 141 cm³/mol. The summed E-state index contributed by atoms with van der Waals surface area (Å²) in [7, 11) is -8.81. The van der Waals surface area contributed by atoms with E-state index >= 15 is 0 Å². The van der Waals surface area contributed by atoms with E-state index in [-0.39, 0.29) is 54.9 Å². The summed E-state index contributed by atoms with van der Waals surface area (Å²) < 4.78 is 100. The number of carbonyl (C=O) groups excluding carboxylic acids is 2. The molecule has 4 rings (SSSR count). The quantitative estimate of drug-likeness (QED) is 0.328. The molecule has 2 heterocycles. The van der Waals surface area contributed by atoms with Crippen LogP contribution in [-0.4, -0.2) is 59.2 Å². The third-order valence-corrected chi connectivity index (χ3v) is 8.53. The summed E-state index contributed by atoms with van der Waals surface area (Å²) in [4.78, 5) is 30.5. The fourth-order valence-corrected chi connectivity index (χ4v) is 5.83. The van der Waals surface area contributed by atoms with Gasteiger partial charge in [0.15, 0.2) is 0 Å². The van der Waals surface area contributed by atoms with Gasteiger partial charge in [0.25, 0.3) is 0 Å². The molecule has 2 amide bonds. The number of carbonyl (C=O) groups is 2. The zero-order chi connectivity index (χ0) is 31.2. The molecule has 234 valence electrons. The van der Waals surface area contributed by atoms with Crippen molar-refractivity contribution in [3.05, 3.63) is 48.3 Å². The molecular weight excluding hydrogens is 597 g/mol. The maximum Gasteiger partial charge on any atom is 0.310 e. The molecule has 3 unspecified atom stereocenters. The minimum absolute atomic E-state index is 0.00598. The van der Waals surface area contributed by atoms with E-state index in [4.69, 9.17) is 4.74 Å². The number of amides is 2. The van der Waals surface area contributed by atoms with Crippen LogP contribution in [0.5, 0.6) is 5.75 Å². The maximum atomic E-state index is 14.0. The van der Waals surface area contributed by atoms with E-state index in [9.17, 15) is 42.9 Å². The van der Waals surface area contributed by atoms with Gasteiger partial charge in [0.1, 0.15) is 16.7 Å². The van der Waals surface area contributed by atoms with Crippen LogP contribution in [-0.2, 0) is 9.59 Å². The molecule has 3 N–H and O–H groups in total. The van der Waals surface area contributed by atoms with Crippen molar-refractivity contribution in [2.24, 2.45) is 0 Å². The van der Waals surface area contributed by atoms with E-state index in [1.165, 1.54) is 32.5 Å². The highest BCUT2D eigenvalue weighted by Gasteiger charge is 2.65. The molecule has 8 nitrogen and oxygen atoms in total. The van der Waals surface area contributed by atoms with Gasteiger partial charge in [-0.3, -0.25) is 19.5 Å². The Morgan fingerprint density at radius 3 is 2.26 bits per heavy atom. The number of ether oxygens (including phenoxy) is 1. The Morgan fingerprint density at radius 1 is 1.12 bits per heavy atom. The number of halogens is 7. The van der Waals surface area contributed by atoms with Gasteiger partial charge in [0.05, 0.1) is 18.8 Å². The molecule has 16 heteroatoms. The second-order valence-electron chi connectivity index (χ2n) is 11.0. The van der Waals surface area contributed by atoms with E-state index in [2.05, 4.69) is 15.6 Å². The molecule has 1 saturated carbocycles. The number of nitrogens with one attached hydrogen (secondary N) is 2. The van der Waals surface area contributed by atoms with Crippen molar-refractivity contribution < 1.29 is 47.6 Å². The zero-order valence-corrected chi connectivity index (χ0v) is 23.5. The minimum Gasteiger partial charge on any atom is -0.496 e. The Balaban J connectivity index is 1.82. The van der Waals surface area contributed by atoms with Crippen LogP contribution in [0.4, 0.5) is 33.9 Å². The molecule has 2 fully saturated rings. The fourth-order valence-electron chi connectivity index (χ4n) is 5.18. The highest BCUT2D eigenvalue weighted by molar-refractivity contribution is 8.45. The number of aliphatic hydroxyl groups is 1. The van der Waals surface area contributed by atoms with Gasteiger partial charge in [-0.15, -0.1) is 0 Å². The lowest BCUT2D eigenvalue weighted by Gasteiger charge is -2.41. The van der Waals surface area contributed by atoms with Crippen LogP contribution in [0.3, 0.4) is 0 Å². The minimum atomic E-state index is -10.1. The molecule has 3 atom stereocenters. The monoisotopic (exact) mass is 628 g/mol. The van der Waals surface area contributed by atoms with Crippen LogP contribution in [0, 0.1) is 0 Å². The number of anilines is 1. The number of methoxy groups -OCH3 is 1. The molecule has 2 aliphatic rings. The summed E-state index contributed by atoms with van der Waals surface area (Å²) in [5.41, 5.74) is -1.69. The first-order valence-electron chi connectivity index (χ1n) is 13.0. The standard InChI is InChI=1S/C26H31F7N4O4S/c1-25(40)13-20(35-15-25)24(39)37(17-3-5-18(6-4-17)42(29,30,31,32)33)22(19-14-34-12-9-21(19)41-2)23(38)36-16-7-10-26(27,28)11-8-16/h3-6,9,12,14,16,20,22,35,40H,7-8,10-11,13,15H2,1-2H3,(H,36,38). The molecule has 0 spiro atoms. The van der Waals surface area contributed by atoms with Gasteiger partial charge in [0.2, 0.25) is 17.7 Å². The molecule has 1 aliphatic carbocycles. The number of rotatable bonds is 8. The molecule has 0 radical (unpaired) electrons. The SMILES string of the molecule is COc1ccncc1C(C(=O)NC1CCC(F)(F)CC1)N(C(=O)C1CC(C)(O)CN1)c1ccc(S(F)(F)(F)(F)F)cc1. The topological polar surface area (TPSA) is 104 Å². The lowest BCUT2D eigenvalue weighted by Crippen LogP contribution is -2.52. The number of nitrogens with zero attached hydrogens (tertiary/aromatic N) is 2. The molecule has 1 aliphatic heterocycles. The maximum absolute atomic E-state index is 14.0. The van der Waals surface area contributed by atoms with Crippen LogP contribution in [0.25, 0.3) is 0 Å². The normalized spacial score (nSPS) is 25.1. The summed E-state index contributed by atoms with van der Waals surface area (Å²) in [6.07, 6.45) is 1.26. The van der Waals surface area contributed by atoms with E-state index in [1.807, 2.05) is 0 Å². The van der Waals surface area contributed by atoms with Crippen molar-refractivity contribution in [2.75, 3.05) is 18.6 Å². The van der Waals surface area contributed by atoms with Gasteiger partial charge >= 0.3 is 10.2 Å². The third-order valence-electron chi connectivity index (χ3n) is 7.36. The van der Waals surface area contributed by atoms with Crippen molar-refractivity contribution in [1.82, 2.24) is 15.6 Å². The number of hydrogen-bond acceptors (Lipinski definition) is 6. The Morgan fingerprint density at radius 2 is 1.74 bits per heavy atom. The first-order chi connectivity index (χ1) is 19.2. The second kappa shape index (κ2) is 10.3. The summed E-state index contributed by atoms with van der Waals surface area (Å²) in [5, 5.41) is 15.9. The van der Waals surface area contributed by atoms with Gasteiger partial charge in [-0.2, -0.15) is 0 Å². The van der Waals surface area contributed by atoms with Gasteiger partial charge in [-0.05, 0) is 50.1 Å². The van der Waals surface area contributed by atoms with Crippen molar-refractivity contribution in [1.29, 1.82) is 0 Å². The van der Waals surface area contributed by atoms with E-state index < -0.39 is 69.4 Å². The number of pyridine rings is 1. The molecule has 0 bridgehead atoms. The highest BCUT2D eigenvalue weighted by atomic mass is 32.5. The fraction of sp³-hybridized carbons (Fsp3) is 0.500. The van der Waals surface area contributed by atoms with E-state index in [0.29, 0.717) is 12.1 Å². The number of alkyl halides is 2. The van der Waals surface area contributed by atoms with Crippen molar-refractivity contribution >= 4 is 27.7 Å². The summed E-state index contributed by atoms with van der Waals surface area (Å²) in [6.45, 7) is 1.43. The number of hydrogen-bond donors (Lipinski definition) is 3. The zero-order valence-electron chi connectivity index (χ0n) is 22.6. The molecule has 1 aromatic heterocycles. The largest absolute Gasteiger partial charge is 0.496 e. The van der Waals surface area contributed by atoms with Crippen LogP contribution in [0.1, 0.15) is 50.6 Å². The van der Waals surface area contributed by atoms with Crippen molar-refractivity contribution in [3.63, 3.8) is 0 Å². The average Bonchev–Trinajstić information content (AvgIpc) is 3.26. The van der Waals surface area contributed by atoms with E-state index in [0.717, 1.165) is 4.90 Å². The number of aromatic nitrogens is 1. The van der Waals surface area contributed by atoms with Crippen molar-refractivity contribution in [3.8, 4) is 5.75 Å². The van der Waals surface area contributed by atoms with Crippen LogP contribution in [0.2, 0.25) is 0 Å². The number of benzene rings is 1. The second-order valence-corrected chi connectivity index (χ2v) is 13.4. The Labute approximate surface area is 237 Å². The highest BCUT2D eigenvalue weighted by Crippen LogP contribution is 3.02. The summed E-state index contributed by atoms with van der Waals surface area (Å²) in [5.74, 6) is -4.58. The van der Waals surface area contributed by atoms with Gasteiger partial charge in [-0.25, -0.2) is 8.78 Å². The number of β-amino-alcohol motifs (C(OH)–C–C–N with tert-alkyl or cyclic N) is 1. The van der Waals surface area contributed by atoms with Crippen LogP contribution in [0.15, 0.2) is 47.6 Å². The Kier molecular flexibility index (Phi) is 7.77. The summed E-state index contributed by atoms with van der Waals surface area (Å²) >= 11 is 0. The first kappa shape index (κ1) is 31.8. The lowest BCUT2D eigenvalue weighted by atomic mass is 9.91. The van der Waals surface area contributed by atoms with Crippen LogP contribution >= 0.6 is 10.2 Å². The molecule has 1 saturated heterocycles. The smallest absolute Gasteiger partial charge is 0.310 e. The van der Waals surface area contributed by atoms with Crippen LogP contribution < -0.4 is 20.3 Å². The first-order valence-corrected chi connectivity index (χ1v) is 14.9. The molecular formula is C26H31F7N4O4S. The Bertz CT molecular complexity index is 1330. The van der Waals surface area contributed by atoms with Gasteiger partial charge in [0, 0.05) is 55.5 Å². The van der Waals surface area contributed by atoms with Gasteiger partial charge < -0.3 is 20.5 Å². The van der Waals surface area contributed by atoms with Crippen molar-refractivity contribution in [2.45, 2.75) is 73.6 Å². The molecule has 1 aromatic carbocycles. The Hall–Kier alpha value is -3.11.